The van der Waals surface area contributed by atoms with Crippen molar-refractivity contribution >= 4 is 15.9 Å². The number of alkyl halides is 2. The maximum atomic E-state index is 14.0. The predicted octanol–water partition coefficient (Wildman–Crippen LogP) is 0.323. The summed E-state index contributed by atoms with van der Waals surface area (Å²) >= 11 is 0. The summed E-state index contributed by atoms with van der Waals surface area (Å²) in [6.45, 7) is 3.05. The smallest absolute Gasteiger partial charge is 0.352 e. The summed E-state index contributed by atoms with van der Waals surface area (Å²) in [5.74, 6) is -5.48. The highest BCUT2D eigenvalue weighted by Gasteiger charge is 2.63. The predicted molar refractivity (Wildman–Crippen MR) is 75.9 cm³/mol. The molecule has 128 valence electrons. The number of carbonyl (C=O) groups excluding carboxylic acids is 1. The first-order valence-corrected chi connectivity index (χ1v) is 8.68. The van der Waals surface area contributed by atoms with Crippen LogP contribution in [0.4, 0.5) is 8.78 Å². The molecule has 0 aromatic carbocycles. The van der Waals surface area contributed by atoms with Crippen LogP contribution in [0.15, 0.2) is 0 Å². The summed E-state index contributed by atoms with van der Waals surface area (Å²) < 4.78 is 53.3. The fourth-order valence-electron chi connectivity index (χ4n) is 2.98. The van der Waals surface area contributed by atoms with E-state index >= 15 is 0 Å². The van der Waals surface area contributed by atoms with Gasteiger partial charge in [0.2, 0.25) is 10.0 Å². The second-order valence-electron chi connectivity index (χ2n) is 6.51. The molecule has 0 radical (unpaired) electrons. The Kier molecular flexibility index (Phi) is 4.07. The second-order valence-corrected chi connectivity index (χ2v) is 8.91. The van der Waals surface area contributed by atoms with Crippen molar-refractivity contribution in [2.45, 2.75) is 49.4 Å². The number of amides is 1. The molecule has 0 aromatic heterocycles. The van der Waals surface area contributed by atoms with Crippen molar-refractivity contribution in [1.29, 1.82) is 0 Å². The van der Waals surface area contributed by atoms with E-state index in [1.54, 1.807) is 6.92 Å². The molecule has 1 aliphatic heterocycles. The van der Waals surface area contributed by atoms with Crippen molar-refractivity contribution in [2.75, 3.05) is 20.1 Å². The van der Waals surface area contributed by atoms with Crippen molar-refractivity contribution in [1.82, 2.24) is 9.62 Å². The highest BCUT2D eigenvalue weighted by molar-refractivity contribution is 7.90. The van der Waals surface area contributed by atoms with Crippen LogP contribution in [-0.4, -0.2) is 60.1 Å². The zero-order chi connectivity index (χ0) is 17.0. The van der Waals surface area contributed by atoms with E-state index in [0.29, 0.717) is 6.42 Å². The van der Waals surface area contributed by atoms with Crippen LogP contribution >= 0.6 is 0 Å². The van der Waals surface area contributed by atoms with E-state index < -0.39 is 45.0 Å². The lowest BCUT2D eigenvalue weighted by molar-refractivity contribution is -0.201. The number of nitrogens with one attached hydrogen (secondary N) is 1. The molecule has 1 heterocycles. The summed E-state index contributed by atoms with van der Waals surface area (Å²) in [5, 5.41) is 12.0. The van der Waals surface area contributed by atoms with Gasteiger partial charge in [0, 0.05) is 20.1 Å². The van der Waals surface area contributed by atoms with Gasteiger partial charge in [-0.3, -0.25) is 4.79 Å². The number of rotatable bonds is 4. The molecular weight excluding hydrogens is 318 g/mol. The minimum absolute atomic E-state index is 0.0330. The molecule has 1 amide bonds. The van der Waals surface area contributed by atoms with Gasteiger partial charge in [-0.05, 0) is 32.1 Å². The quantitative estimate of drug-likeness (QED) is 0.772. The fraction of sp³-hybridized carbons (Fsp3) is 0.923. The Balaban J connectivity index is 2.12. The maximum absolute atomic E-state index is 14.0. The molecule has 1 aliphatic carbocycles. The lowest BCUT2D eigenvalue weighted by atomic mass is 9.85. The maximum Gasteiger partial charge on any atom is 0.352 e. The SMILES string of the molecule is CNC(=O)C(F)(F)C1(O)CCN(S(=O)(=O)[C@@]2(C)C[C@@H]2C)CC1. The van der Waals surface area contributed by atoms with Crippen molar-refractivity contribution in [2.24, 2.45) is 5.92 Å². The number of carbonyl (C=O) groups is 1. The van der Waals surface area contributed by atoms with Gasteiger partial charge in [0.15, 0.2) is 0 Å². The Morgan fingerprint density at radius 1 is 1.36 bits per heavy atom. The molecule has 0 unspecified atom stereocenters. The van der Waals surface area contributed by atoms with E-state index in [1.165, 1.54) is 0 Å². The van der Waals surface area contributed by atoms with Gasteiger partial charge in [0.05, 0.1) is 4.75 Å². The van der Waals surface area contributed by atoms with Crippen molar-refractivity contribution in [3.63, 3.8) is 0 Å². The van der Waals surface area contributed by atoms with Gasteiger partial charge >= 0.3 is 5.92 Å². The molecule has 1 saturated carbocycles. The largest absolute Gasteiger partial charge is 0.383 e. The van der Waals surface area contributed by atoms with E-state index in [0.717, 1.165) is 11.4 Å². The van der Waals surface area contributed by atoms with Crippen LogP contribution in [0.1, 0.15) is 33.1 Å². The second kappa shape index (κ2) is 5.10. The van der Waals surface area contributed by atoms with Crippen LogP contribution in [0.25, 0.3) is 0 Å². The first-order chi connectivity index (χ1) is 9.92. The third kappa shape index (κ3) is 2.33. The van der Waals surface area contributed by atoms with Gasteiger partial charge in [-0.25, -0.2) is 12.7 Å². The van der Waals surface area contributed by atoms with Crippen molar-refractivity contribution in [3.05, 3.63) is 0 Å². The number of aliphatic hydroxyl groups is 1. The number of sulfonamides is 1. The minimum atomic E-state index is -3.95. The summed E-state index contributed by atoms with van der Waals surface area (Å²) in [6.07, 6.45) is -0.404. The van der Waals surface area contributed by atoms with E-state index in [4.69, 9.17) is 0 Å². The first-order valence-electron chi connectivity index (χ1n) is 7.24. The standard InChI is InChI=1S/C13H22F2N2O4S/c1-9-8-11(9,2)22(20,21)17-6-4-12(19,5-7-17)13(14,15)10(18)16-3/h9,19H,4-8H2,1-3H3,(H,16,18)/t9-,11-/m0/s1. The number of piperidine rings is 1. The van der Waals surface area contributed by atoms with Crippen LogP contribution in [0, 0.1) is 5.92 Å². The highest BCUT2D eigenvalue weighted by Crippen LogP contribution is 2.51. The molecule has 0 aromatic rings. The van der Waals surface area contributed by atoms with E-state index in [-0.39, 0.29) is 19.0 Å². The molecule has 22 heavy (non-hydrogen) atoms. The molecule has 2 fully saturated rings. The topological polar surface area (TPSA) is 86.7 Å². The Morgan fingerprint density at radius 2 is 1.82 bits per heavy atom. The average molecular weight is 340 g/mol. The Labute approximate surface area is 128 Å². The zero-order valence-electron chi connectivity index (χ0n) is 12.9. The lowest BCUT2D eigenvalue weighted by Gasteiger charge is -2.41. The van der Waals surface area contributed by atoms with Gasteiger partial charge in [-0.15, -0.1) is 0 Å². The normalized spacial score (nSPS) is 32.5. The third-order valence-electron chi connectivity index (χ3n) is 5.17. The van der Waals surface area contributed by atoms with Gasteiger partial charge in [-0.2, -0.15) is 8.78 Å². The van der Waals surface area contributed by atoms with Gasteiger partial charge in [-0.1, -0.05) is 6.92 Å². The summed E-state index contributed by atoms with van der Waals surface area (Å²) in [4.78, 5) is 11.3. The van der Waals surface area contributed by atoms with Crippen LogP contribution < -0.4 is 5.32 Å². The van der Waals surface area contributed by atoms with E-state index in [2.05, 4.69) is 0 Å². The van der Waals surface area contributed by atoms with Gasteiger partial charge < -0.3 is 10.4 Å². The Bertz CT molecular complexity index is 573. The monoisotopic (exact) mass is 340 g/mol. The molecule has 2 N–H and O–H groups in total. The molecule has 0 spiro atoms. The number of nitrogens with zero attached hydrogens (tertiary/aromatic N) is 1. The number of hydrogen-bond acceptors (Lipinski definition) is 4. The van der Waals surface area contributed by atoms with Gasteiger partial charge in [0.25, 0.3) is 5.91 Å². The molecular formula is C13H22F2N2O4S. The lowest BCUT2D eigenvalue weighted by Crippen LogP contribution is -2.61. The van der Waals surface area contributed by atoms with Crippen LogP contribution in [0.2, 0.25) is 0 Å². The van der Waals surface area contributed by atoms with E-state index in [9.17, 15) is 27.1 Å². The Hall–Kier alpha value is -0.800. The molecule has 1 saturated heterocycles. The molecule has 6 nitrogen and oxygen atoms in total. The number of halogens is 2. The van der Waals surface area contributed by atoms with Gasteiger partial charge in [0.1, 0.15) is 5.60 Å². The highest BCUT2D eigenvalue weighted by atomic mass is 32.2. The first kappa shape index (κ1) is 17.6. The summed E-state index contributed by atoms with van der Waals surface area (Å²) in [7, 11) is -2.52. The number of hydrogen-bond donors (Lipinski definition) is 2. The molecule has 0 bridgehead atoms. The van der Waals surface area contributed by atoms with Crippen LogP contribution in [0.3, 0.4) is 0 Å². The van der Waals surface area contributed by atoms with Crippen LogP contribution in [0.5, 0.6) is 0 Å². The van der Waals surface area contributed by atoms with Crippen LogP contribution in [-0.2, 0) is 14.8 Å². The summed E-state index contributed by atoms with van der Waals surface area (Å²) in [6, 6.07) is 0. The molecule has 2 aliphatic rings. The average Bonchev–Trinajstić information content (AvgIpc) is 3.07. The molecule has 2 rings (SSSR count). The summed E-state index contributed by atoms with van der Waals surface area (Å²) in [5.41, 5.74) is -2.52. The zero-order valence-corrected chi connectivity index (χ0v) is 13.7. The van der Waals surface area contributed by atoms with Crippen molar-refractivity contribution in [3.8, 4) is 0 Å². The van der Waals surface area contributed by atoms with E-state index in [1.807, 2.05) is 12.2 Å². The molecule has 9 heteroatoms. The van der Waals surface area contributed by atoms with Crippen molar-refractivity contribution < 1.29 is 27.1 Å². The fourth-order valence-corrected chi connectivity index (χ4v) is 5.20. The minimum Gasteiger partial charge on any atom is -0.383 e. The third-order valence-corrected chi connectivity index (χ3v) is 7.96. The Morgan fingerprint density at radius 3 is 2.18 bits per heavy atom. The molecule has 2 atom stereocenters.